The molecule has 0 aliphatic rings. The summed E-state index contributed by atoms with van der Waals surface area (Å²) >= 11 is 0. The second-order valence-electron chi connectivity index (χ2n) is 4.14. The molecular formula is C12H10FN5O2. The molecule has 0 atom stereocenters. The molecule has 0 fully saturated rings. The van der Waals surface area contributed by atoms with Crippen LogP contribution in [0.3, 0.4) is 0 Å². The average Bonchev–Trinajstić information content (AvgIpc) is 2.85. The van der Waals surface area contributed by atoms with Crippen molar-refractivity contribution in [1.82, 2.24) is 24.5 Å². The highest BCUT2D eigenvalue weighted by atomic mass is 19.1. The van der Waals surface area contributed by atoms with Crippen molar-refractivity contribution < 1.29 is 4.39 Å². The summed E-state index contributed by atoms with van der Waals surface area (Å²) in [6.07, 6.45) is 2.47. The van der Waals surface area contributed by atoms with Crippen LogP contribution in [-0.4, -0.2) is 24.5 Å². The molecule has 0 saturated carbocycles. The molecule has 0 radical (unpaired) electrons. The van der Waals surface area contributed by atoms with Gasteiger partial charge in [-0.25, -0.2) is 14.2 Å². The fraction of sp³-hybridized carbons (Fsp3) is 0.167. The van der Waals surface area contributed by atoms with Crippen molar-refractivity contribution in [3.8, 4) is 11.4 Å². The van der Waals surface area contributed by atoms with Crippen LogP contribution in [0, 0.1) is 5.82 Å². The number of nitrogens with one attached hydrogen (secondary N) is 2. The maximum Gasteiger partial charge on any atom is 0.330 e. The van der Waals surface area contributed by atoms with Gasteiger partial charge in [0.15, 0.2) is 11.5 Å². The third-order valence-electron chi connectivity index (χ3n) is 2.98. The highest BCUT2D eigenvalue weighted by Crippen LogP contribution is 2.20. The topological polar surface area (TPSA) is 96.4 Å². The summed E-state index contributed by atoms with van der Waals surface area (Å²) < 4.78 is 15.0. The first-order chi connectivity index (χ1) is 9.61. The molecule has 0 aliphatic heterocycles. The molecular weight excluding hydrogens is 265 g/mol. The van der Waals surface area contributed by atoms with E-state index in [1.54, 1.807) is 6.92 Å². The zero-order chi connectivity index (χ0) is 14.3. The number of imidazole rings is 1. The second kappa shape index (κ2) is 4.41. The van der Waals surface area contributed by atoms with Gasteiger partial charge in [-0.15, -0.1) is 0 Å². The maximum atomic E-state index is 13.7. The van der Waals surface area contributed by atoms with Crippen LogP contribution in [-0.2, 0) is 6.54 Å². The van der Waals surface area contributed by atoms with E-state index in [2.05, 4.69) is 19.9 Å². The molecule has 0 spiro atoms. The van der Waals surface area contributed by atoms with Gasteiger partial charge in [-0.3, -0.25) is 19.3 Å². The first kappa shape index (κ1) is 12.3. The summed E-state index contributed by atoms with van der Waals surface area (Å²) in [4.78, 5) is 36.2. The van der Waals surface area contributed by atoms with Crippen molar-refractivity contribution in [2.24, 2.45) is 0 Å². The highest BCUT2D eigenvalue weighted by Gasteiger charge is 2.15. The standard InChI is InChI=1S/C12H10FN5O2/c1-2-18-10-8(11(19)17-12(18)20)15-9(16-10)6-3-4-14-5-7(6)13/h3-5H,2H2,1H3,(H,15,16)(H,17,19,20). The summed E-state index contributed by atoms with van der Waals surface area (Å²) in [5.41, 5.74) is -0.600. The number of aryl methyl sites for hydroxylation is 1. The molecule has 0 aromatic carbocycles. The van der Waals surface area contributed by atoms with Crippen LogP contribution >= 0.6 is 0 Å². The zero-order valence-electron chi connectivity index (χ0n) is 10.5. The van der Waals surface area contributed by atoms with Gasteiger partial charge in [-0.1, -0.05) is 0 Å². The van der Waals surface area contributed by atoms with Crippen molar-refractivity contribution in [2.45, 2.75) is 13.5 Å². The monoisotopic (exact) mass is 275 g/mol. The number of aromatic nitrogens is 5. The van der Waals surface area contributed by atoms with Gasteiger partial charge in [-0.2, -0.15) is 0 Å². The smallest absolute Gasteiger partial charge is 0.330 e. The van der Waals surface area contributed by atoms with Crippen LogP contribution in [0.2, 0.25) is 0 Å². The average molecular weight is 275 g/mol. The number of H-pyrrole nitrogens is 2. The molecule has 102 valence electrons. The number of aromatic amines is 2. The summed E-state index contributed by atoms with van der Waals surface area (Å²) in [5, 5.41) is 0. The molecule has 0 bridgehead atoms. The van der Waals surface area contributed by atoms with E-state index < -0.39 is 17.1 Å². The number of fused-ring (bicyclic) bond motifs is 1. The molecule has 0 aliphatic carbocycles. The van der Waals surface area contributed by atoms with E-state index in [-0.39, 0.29) is 22.6 Å². The second-order valence-corrected chi connectivity index (χ2v) is 4.14. The summed E-state index contributed by atoms with van der Waals surface area (Å²) in [7, 11) is 0. The van der Waals surface area contributed by atoms with Crippen LogP contribution in [0.1, 0.15) is 6.92 Å². The lowest BCUT2D eigenvalue weighted by molar-refractivity contribution is 0.624. The predicted octanol–water partition coefficient (Wildman–Crippen LogP) is 0.634. The molecule has 0 saturated heterocycles. The Morgan fingerprint density at radius 2 is 2.15 bits per heavy atom. The number of pyridine rings is 1. The zero-order valence-corrected chi connectivity index (χ0v) is 10.5. The third kappa shape index (κ3) is 1.73. The van der Waals surface area contributed by atoms with Crippen LogP contribution in [0.15, 0.2) is 28.0 Å². The molecule has 3 heterocycles. The molecule has 0 unspecified atom stereocenters. The molecule has 3 aromatic heterocycles. The Morgan fingerprint density at radius 3 is 2.85 bits per heavy atom. The van der Waals surface area contributed by atoms with Crippen molar-refractivity contribution in [3.63, 3.8) is 0 Å². The number of hydrogen-bond acceptors (Lipinski definition) is 4. The van der Waals surface area contributed by atoms with E-state index in [1.165, 1.54) is 16.8 Å². The van der Waals surface area contributed by atoms with Gasteiger partial charge in [0.05, 0.1) is 11.8 Å². The number of hydrogen-bond donors (Lipinski definition) is 2. The number of nitrogens with zero attached hydrogens (tertiary/aromatic N) is 3. The normalized spacial score (nSPS) is 11.1. The van der Waals surface area contributed by atoms with Crippen LogP contribution in [0.4, 0.5) is 4.39 Å². The molecule has 2 N–H and O–H groups in total. The van der Waals surface area contributed by atoms with Gasteiger partial charge in [0, 0.05) is 12.7 Å². The molecule has 20 heavy (non-hydrogen) atoms. The first-order valence-corrected chi connectivity index (χ1v) is 5.94. The van der Waals surface area contributed by atoms with Gasteiger partial charge >= 0.3 is 5.69 Å². The Labute approximate surface area is 111 Å². The van der Waals surface area contributed by atoms with Gasteiger partial charge in [0.2, 0.25) is 0 Å². The molecule has 7 nitrogen and oxygen atoms in total. The van der Waals surface area contributed by atoms with Gasteiger partial charge in [-0.05, 0) is 13.0 Å². The Balaban J connectivity index is 2.37. The Hall–Kier alpha value is -2.77. The fourth-order valence-corrected chi connectivity index (χ4v) is 2.03. The largest absolute Gasteiger partial charge is 0.332 e. The minimum Gasteiger partial charge on any atom is -0.332 e. The Kier molecular flexibility index (Phi) is 2.70. The van der Waals surface area contributed by atoms with Gasteiger partial charge in [0.1, 0.15) is 11.3 Å². The van der Waals surface area contributed by atoms with Crippen LogP contribution < -0.4 is 11.2 Å². The van der Waals surface area contributed by atoms with E-state index >= 15 is 0 Å². The van der Waals surface area contributed by atoms with Crippen molar-refractivity contribution in [2.75, 3.05) is 0 Å². The lowest BCUT2D eigenvalue weighted by Gasteiger charge is -1.99. The Morgan fingerprint density at radius 1 is 1.35 bits per heavy atom. The Bertz CT molecular complexity index is 908. The van der Waals surface area contributed by atoms with E-state index in [9.17, 15) is 14.0 Å². The summed E-state index contributed by atoms with van der Waals surface area (Å²) in [5.74, 6) is -0.383. The fourth-order valence-electron chi connectivity index (χ4n) is 2.03. The predicted molar refractivity (Wildman–Crippen MR) is 69.8 cm³/mol. The summed E-state index contributed by atoms with van der Waals surface area (Å²) in [6, 6.07) is 1.44. The number of halogens is 1. The minimum absolute atomic E-state index is 0.137. The van der Waals surface area contributed by atoms with Gasteiger partial charge in [0.25, 0.3) is 5.56 Å². The molecule has 3 rings (SSSR count). The molecule has 8 heteroatoms. The highest BCUT2D eigenvalue weighted by molar-refractivity contribution is 5.75. The first-order valence-electron chi connectivity index (χ1n) is 5.94. The quantitative estimate of drug-likeness (QED) is 0.717. The van der Waals surface area contributed by atoms with E-state index in [0.29, 0.717) is 6.54 Å². The molecule has 0 amide bonds. The van der Waals surface area contributed by atoms with Gasteiger partial charge < -0.3 is 4.98 Å². The van der Waals surface area contributed by atoms with Crippen molar-refractivity contribution in [1.29, 1.82) is 0 Å². The van der Waals surface area contributed by atoms with E-state index in [1.807, 2.05) is 0 Å². The van der Waals surface area contributed by atoms with Crippen LogP contribution in [0.25, 0.3) is 22.6 Å². The van der Waals surface area contributed by atoms with E-state index in [0.717, 1.165) is 6.20 Å². The SMILES string of the molecule is CCn1c(=O)[nH]c(=O)c2[nH]c(-c3ccncc3F)nc21. The lowest BCUT2D eigenvalue weighted by Crippen LogP contribution is -2.29. The number of rotatable bonds is 2. The van der Waals surface area contributed by atoms with E-state index in [4.69, 9.17) is 0 Å². The van der Waals surface area contributed by atoms with Crippen LogP contribution in [0.5, 0.6) is 0 Å². The minimum atomic E-state index is -0.581. The van der Waals surface area contributed by atoms with Crippen molar-refractivity contribution in [3.05, 3.63) is 45.1 Å². The molecule has 3 aromatic rings. The summed E-state index contributed by atoms with van der Waals surface area (Å²) in [6.45, 7) is 2.09. The van der Waals surface area contributed by atoms with Crippen molar-refractivity contribution >= 4 is 11.2 Å². The third-order valence-corrected chi connectivity index (χ3v) is 2.98. The maximum absolute atomic E-state index is 13.7. The lowest BCUT2D eigenvalue weighted by atomic mass is 10.2.